The molecule has 0 atom stereocenters. The van der Waals surface area contributed by atoms with Gasteiger partial charge in [-0.25, -0.2) is 19.9 Å². The maximum Gasteiger partial charge on any atom is 0.451 e. The Morgan fingerprint density at radius 2 is 1.79 bits per heavy atom. The lowest BCUT2D eigenvalue weighted by atomic mass is 10.1. The first-order valence-electron chi connectivity index (χ1n) is 6.45. The Hall–Kier alpha value is -2.00. The van der Waals surface area contributed by atoms with Crippen molar-refractivity contribution in [1.29, 1.82) is 0 Å². The van der Waals surface area contributed by atoms with Crippen molar-refractivity contribution in [3.8, 4) is 11.8 Å². The molecule has 0 aliphatic heterocycles. The average molecular weight is 420 g/mol. The Kier molecular flexibility index (Phi) is 4.31. The first-order valence-corrected chi connectivity index (χ1v) is 7.62. The molecule has 0 unspecified atom stereocenters. The predicted octanol–water partition coefficient (Wildman–Crippen LogP) is 4.96. The number of rotatable bonds is 2. The van der Waals surface area contributed by atoms with Crippen molar-refractivity contribution in [3.05, 3.63) is 45.5 Å². The van der Waals surface area contributed by atoms with Gasteiger partial charge < -0.3 is 4.74 Å². The third kappa shape index (κ3) is 3.27. The van der Waals surface area contributed by atoms with Crippen LogP contribution in [0.4, 0.5) is 13.2 Å². The lowest BCUT2D eigenvalue weighted by Crippen LogP contribution is -2.12. The Morgan fingerprint density at radius 1 is 1.12 bits per heavy atom. The van der Waals surface area contributed by atoms with Gasteiger partial charge in [0, 0.05) is 4.47 Å². The second kappa shape index (κ2) is 6.14. The van der Waals surface area contributed by atoms with E-state index in [9.17, 15) is 13.2 Å². The van der Waals surface area contributed by atoms with Crippen molar-refractivity contribution < 1.29 is 17.9 Å². The molecule has 0 aliphatic carbocycles. The molecule has 24 heavy (non-hydrogen) atoms. The van der Waals surface area contributed by atoms with E-state index in [4.69, 9.17) is 16.3 Å². The van der Waals surface area contributed by atoms with Gasteiger partial charge in [-0.15, -0.1) is 0 Å². The molecule has 0 amide bonds. The highest BCUT2D eigenvalue weighted by molar-refractivity contribution is 9.10. The average Bonchev–Trinajstić information content (AvgIpc) is 2.51. The fraction of sp³-hybridized carbons (Fsp3) is 0.143. The minimum Gasteiger partial charge on any atom is -0.424 e. The number of hydrogen-bond donors (Lipinski definition) is 0. The Bertz CT molecular complexity index is 919. The zero-order chi connectivity index (χ0) is 17.5. The van der Waals surface area contributed by atoms with Gasteiger partial charge >= 0.3 is 12.2 Å². The van der Waals surface area contributed by atoms with Crippen LogP contribution >= 0.6 is 27.5 Å². The summed E-state index contributed by atoms with van der Waals surface area (Å²) in [4.78, 5) is 14.9. The van der Waals surface area contributed by atoms with Gasteiger partial charge in [-0.3, -0.25) is 0 Å². The molecular weight excluding hydrogens is 413 g/mol. The van der Waals surface area contributed by atoms with E-state index in [0.29, 0.717) is 14.9 Å². The molecule has 3 aromatic rings. The van der Waals surface area contributed by atoms with E-state index >= 15 is 0 Å². The monoisotopic (exact) mass is 418 g/mol. The summed E-state index contributed by atoms with van der Waals surface area (Å²) in [6.07, 6.45) is -1.96. The number of nitrogens with zero attached hydrogens (tertiary/aromatic N) is 4. The Labute approximate surface area is 147 Å². The van der Waals surface area contributed by atoms with Crippen molar-refractivity contribution in [2.45, 2.75) is 13.1 Å². The summed E-state index contributed by atoms with van der Waals surface area (Å²) in [7, 11) is 0. The SMILES string of the molecule is Cc1nc(C(F)(F)F)nc2c(Br)ccc(Oc3ncc(Cl)cn3)c12. The van der Waals surface area contributed by atoms with E-state index in [1.165, 1.54) is 25.4 Å². The van der Waals surface area contributed by atoms with E-state index in [2.05, 4.69) is 35.9 Å². The number of halogens is 5. The van der Waals surface area contributed by atoms with E-state index < -0.39 is 12.0 Å². The van der Waals surface area contributed by atoms with Gasteiger partial charge in [-0.2, -0.15) is 13.2 Å². The van der Waals surface area contributed by atoms with Gasteiger partial charge in [0.1, 0.15) is 5.75 Å². The lowest BCUT2D eigenvalue weighted by Gasteiger charge is -2.12. The number of benzene rings is 1. The molecule has 0 fully saturated rings. The fourth-order valence-electron chi connectivity index (χ4n) is 2.02. The van der Waals surface area contributed by atoms with Crippen molar-refractivity contribution in [2.24, 2.45) is 0 Å². The maximum absolute atomic E-state index is 12.9. The van der Waals surface area contributed by atoms with Crippen LogP contribution in [0, 0.1) is 6.92 Å². The van der Waals surface area contributed by atoms with Gasteiger partial charge in [0.2, 0.25) is 5.82 Å². The maximum atomic E-state index is 12.9. The zero-order valence-corrected chi connectivity index (χ0v) is 14.2. The number of aromatic nitrogens is 4. The quantitative estimate of drug-likeness (QED) is 0.588. The van der Waals surface area contributed by atoms with E-state index in [0.717, 1.165) is 0 Å². The summed E-state index contributed by atoms with van der Waals surface area (Å²) < 4.78 is 44.7. The third-order valence-corrected chi connectivity index (χ3v) is 3.83. The third-order valence-electron chi connectivity index (χ3n) is 3.00. The Morgan fingerprint density at radius 3 is 2.42 bits per heavy atom. The lowest BCUT2D eigenvalue weighted by molar-refractivity contribution is -0.144. The van der Waals surface area contributed by atoms with Crippen LogP contribution in [0.5, 0.6) is 11.8 Å². The Balaban J connectivity index is 2.16. The van der Waals surface area contributed by atoms with E-state index in [1.54, 1.807) is 6.07 Å². The summed E-state index contributed by atoms with van der Waals surface area (Å²) in [6, 6.07) is 3.09. The van der Waals surface area contributed by atoms with Crippen LogP contribution in [0.1, 0.15) is 11.5 Å². The van der Waals surface area contributed by atoms with Gasteiger partial charge in [0.15, 0.2) is 0 Å². The summed E-state index contributed by atoms with van der Waals surface area (Å²) in [5.41, 5.74) is 0.207. The predicted molar refractivity (Wildman–Crippen MR) is 84.1 cm³/mol. The number of aryl methyl sites for hydroxylation is 1. The first-order chi connectivity index (χ1) is 11.3. The molecule has 3 rings (SSSR count). The number of hydrogen-bond acceptors (Lipinski definition) is 5. The van der Waals surface area contributed by atoms with Crippen molar-refractivity contribution in [3.63, 3.8) is 0 Å². The van der Waals surface area contributed by atoms with E-state index in [1.807, 2.05) is 0 Å². The molecule has 2 heterocycles. The molecule has 0 radical (unpaired) electrons. The molecular formula is C14H7BrClF3N4O. The number of alkyl halides is 3. The molecule has 0 bridgehead atoms. The molecule has 0 spiro atoms. The second-order valence-electron chi connectivity index (χ2n) is 4.69. The van der Waals surface area contributed by atoms with Crippen LogP contribution < -0.4 is 4.74 Å². The number of ether oxygens (including phenoxy) is 1. The molecule has 0 saturated heterocycles. The summed E-state index contributed by atoms with van der Waals surface area (Å²) in [5, 5.41) is 0.660. The van der Waals surface area contributed by atoms with Crippen LogP contribution in [-0.2, 0) is 6.18 Å². The highest BCUT2D eigenvalue weighted by Gasteiger charge is 2.35. The van der Waals surface area contributed by atoms with Gasteiger partial charge in [0.05, 0.1) is 34.0 Å². The van der Waals surface area contributed by atoms with Crippen LogP contribution in [0.2, 0.25) is 5.02 Å². The highest BCUT2D eigenvalue weighted by atomic mass is 79.9. The molecule has 0 N–H and O–H groups in total. The van der Waals surface area contributed by atoms with Crippen LogP contribution in [0.15, 0.2) is 29.0 Å². The van der Waals surface area contributed by atoms with Gasteiger partial charge in [0.25, 0.3) is 0 Å². The standard InChI is InChI=1S/C14H7BrClF3N4O/c1-6-10-9(24-13-20-4-7(16)5-21-13)3-2-8(15)11(10)23-12(22-6)14(17,18)19/h2-5H,1H3. The van der Waals surface area contributed by atoms with Gasteiger partial charge in [-0.1, -0.05) is 11.6 Å². The largest absolute Gasteiger partial charge is 0.451 e. The molecule has 0 saturated carbocycles. The molecule has 2 aromatic heterocycles. The molecule has 10 heteroatoms. The smallest absolute Gasteiger partial charge is 0.424 e. The van der Waals surface area contributed by atoms with Gasteiger partial charge in [-0.05, 0) is 35.0 Å². The summed E-state index contributed by atoms with van der Waals surface area (Å²) in [5.74, 6) is -0.977. The highest BCUT2D eigenvalue weighted by Crippen LogP contribution is 2.36. The molecule has 5 nitrogen and oxygen atoms in total. The molecule has 124 valence electrons. The topological polar surface area (TPSA) is 60.8 Å². The fourth-order valence-corrected chi connectivity index (χ4v) is 2.53. The molecule has 0 aliphatic rings. The van der Waals surface area contributed by atoms with E-state index in [-0.39, 0.29) is 23.0 Å². The van der Waals surface area contributed by atoms with Crippen LogP contribution in [-0.4, -0.2) is 19.9 Å². The van der Waals surface area contributed by atoms with Crippen LogP contribution in [0.25, 0.3) is 10.9 Å². The first kappa shape index (κ1) is 16.8. The minimum absolute atomic E-state index is 0.00215. The minimum atomic E-state index is -4.64. The van der Waals surface area contributed by atoms with Crippen LogP contribution in [0.3, 0.4) is 0 Å². The summed E-state index contributed by atoms with van der Waals surface area (Å²) >= 11 is 8.90. The molecule has 1 aromatic carbocycles. The zero-order valence-electron chi connectivity index (χ0n) is 11.9. The van der Waals surface area contributed by atoms with Crippen molar-refractivity contribution in [2.75, 3.05) is 0 Å². The second-order valence-corrected chi connectivity index (χ2v) is 5.98. The normalized spacial score (nSPS) is 11.8. The van der Waals surface area contributed by atoms with Crippen molar-refractivity contribution in [1.82, 2.24) is 19.9 Å². The van der Waals surface area contributed by atoms with Crippen molar-refractivity contribution >= 4 is 38.4 Å². The summed E-state index contributed by atoms with van der Waals surface area (Å²) in [6.45, 7) is 1.45. The number of fused-ring (bicyclic) bond motifs is 1.